The lowest BCUT2D eigenvalue weighted by atomic mass is 10.1. The quantitative estimate of drug-likeness (QED) is 0.584. The van der Waals surface area contributed by atoms with Gasteiger partial charge in [-0.25, -0.2) is 0 Å². The fourth-order valence-corrected chi connectivity index (χ4v) is 1.25. The lowest BCUT2D eigenvalue weighted by molar-refractivity contribution is -0.120. The summed E-state index contributed by atoms with van der Waals surface area (Å²) in [6.07, 6.45) is 4.38. The van der Waals surface area contributed by atoms with E-state index in [1.807, 2.05) is 0 Å². The van der Waals surface area contributed by atoms with Gasteiger partial charge >= 0.3 is 0 Å². The normalized spacial score (nSPS) is 10.6. The lowest BCUT2D eigenvalue weighted by Crippen LogP contribution is -2.25. The molecule has 0 fully saturated rings. The maximum Gasteiger partial charge on any atom is 0.221 e. The zero-order valence-corrected chi connectivity index (χ0v) is 9.73. The molecule has 0 aliphatic rings. The highest BCUT2D eigenvalue weighted by Gasteiger charge is 1.96. The van der Waals surface area contributed by atoms with Crippen LogP contribution >= 0.6 is 0 Å². The molecule has 0 saturated carbocycles. The molecule has 0 aromatic rings. The van der Waals surface area contributed by atoms with Crippen molar-refractivity contribution in [3.05, 3.63) is 0 Å². The second-order valence-corrected chi connectivity index (χ2v) is 4.06. The third-order valence-corrected chi connectivity index (χ3v) is 2.19. The third kappa shape index (κ3) is 9.52. The third-order valence-electron chi connectivity index (χ3n) is 2.19. The molecule has 0 atom stereocenters. The minimum atomic E-state index is 0.111. The van der Waals surface area contributed by atoms with Crippen molar-refractivity contribution < 1.29 is 4.79 Å². The van der Waals surface area contributed by atoms with Crippen LogP contribution in [-0.2, 0) is 4.79 Å². The summed E-state index contributed by atoms with van der Waals surface area (Å²) in [4.78, 5) is 10.8. The molecule has 0 unspecified atom stereocenters. The Morgan fingerprint density at radius 1 is 1.21 bits per heavy atom. The first-order valence-corrected chi connectivity index (χ1v) is 5.58. The summed E-state index contributed by atoms with van der Waals surface area (Å²) in [5.41, 5.74) is 0. The molecule has 0 aromatic heterocycles. The van der Waals surface area contributed by atoms with E-state index in [1.165, 1.54) is 19.3 Å². The first-order chi connectivity index (χ1) is 6.66. The van der Waals surface area contributed by atoms with Crippen LogP contribution in [0.5, 0.6) is 0 Å². The van der Waals surface area contributed by atoms with Crippen molar-refractivity contribution in [1.29, 1.82) is 0 Å². The van der Waals surface area contributed by atoms with Crippen LogP contribution in [0.15, 0.2) is 0 Å². The Morgan fingerprint density at radius 3 is 2.50 bits per heavy atom. The second kappa shape index (κ2) is 9.00. The number of carbonyl (C=O) groups excluding carboxylic acids is 1. The maximum atomic E-state index is 10.8. The van der Waals surface area contributed by atoms with Crippen LogP contribution in [0.25, 0.3) is 0 Å². The second-order valence-electron chi connectivity index (χ2n) is 4.06. The Hall–Kier alpha value is -0.570. The van der Waals surface area contributed by atoms with E-state index >= 15 is 0 Å². The number of unbranched alkanes of at least 4 members (excludes halogenated alkanes) is 1. The Morgan fingerprint density at radius 2 is 1.93 bits per heavy atom. The highest BCUT2D eigenvalue weighted by Crippen LogP contribution is 2.04. The molecular formula is C11H24N2O. The first kappa shape index (κ1) is 13.4. The van der Waals surface area contributed by atoms with E-state index < -0.39 is 0 Å². The molecule has 0 aliphatic heterocycles. The van der Waals surface area contributed by atoms with Gasteiger partial charge in [0.15, 0.2) is 0 Å². The highest BCUT2D eigenvalue weighted by molar-refractivity contribution is 5.75. The summed E-state index contributed by atoms with van der Waals surface area (Å²) < 4.78 is 0. The molecule has 14 heavy (non-hydrogen) atoms. The molecule has 0 spiro atoms. The van der Waals surface area contributed by atoms with E-state index in [-0.39, 0.29) is 5.91 Å². The Kier molecular flexibility index (Phi) is 8.64. The number of rotatable bonds is 8. The summed E-state index contributed by atoms with van der Waals surface area (Å²) in [5, 5.41) is 5.87. The van der Waals surface area contributed by atoms with Gasteiger partial charge in [-0.2, -0.15) is 0 Å². The highest BCUT2D eigenvalue weighted by atomic mass is 16.1. The van der Waals surface area contributed by atoms with Gasteiger partial charge in [0.05, 0.1) is 0 Å². The van der Waals surface area contributed by atoms with Gasteiger partial charge in [0, 0.05) is 20.0 Å². The Labute approximate surface area is 87.6 Å². The van der Waals surface area contributed by atoms with Gasteiger partial charge in [-0.15, -0.1) is 0 Å². The zero-order valence-electron chi connectivity index (χ0n) is 9.73. The molecular weight excluding hydrogens is 176 g/mol. The molecule has 0 aromatic carbocycles. The van der Waals surface area contributed by atoms with Crippen molar-refractivity contribution in [1.82, 2.24) is 10.6 Å². The van der Waals surface area contributed by atoms with Crippen molar-refractivity contribution in [3.63, 3.8) is 0 Å². The van der Waals surface area contributed by atoms with Crippen LogP contribution in [0.1, 0.15) is 39.5 Å². The van der Waals surface area contributed by atoms with E-state index in [4.69, 9.17) is 0 Å². The van der Waals surface area contributed by atoms with Gasteiger partial charge in [0.2, 0.25) is 5.91 Å². The largest absolute Gasteiger partial charge is 0.359 e. The van der Waals surface area contributed by atoms with E-state index in [0.717, 1.165) is 19.0 Å². The zero-order chi connectivity index (χ0) is 10.8. The van der Waals surface area contributed by atoms with Gasteiger partial charge in [0.25, 0.3) is 0 Å². The predicted molar refractivity (Wildman–Crippen MR) is 60.2 cm³/mol. The molecule has 3 nitrogen and oxygen atoms in total. The van der Waals surface area contributed by atoms with Crippen LogP contribution in [0, 0.1) is 5.92 Å². The molecule has 0 aliphatic carbocycles. The number of carbonyl (C=O) groups is 1. The summed E-state index contributed by atoms with van der Waals surface area (Å²) in [7, 11) is 1.67. The number of nitrogens with one attached hydrogen (secondary N) is 2. The van der Waals surface area contributed by atoms with Crippen LogP contribution in [0.2, 0.25) is 0 Å². The van der Waals surface area contributed by atoms with Crippen molar-refractivity contribution in [2.24, 2.45) is 5.92 Å². The van der Waals surface area contributed by atoms with Gasteiger partial charge < -0.3 is 10.6 Å². The lowest BCUT2D eigenvalue weighted by Gasteiger charge is -2.05. The molecule has 3 heteroatoms. The average Bonchev–Trinajstić information content (AvgIpc) is 2.15. The summed E-state index contributed by atoms with van der Waals surface area (Å²) >= 11 is 0. The Balaban J connectivity index is 3.03. The van der Waals surface area contributed by atoms with E-state index in [2.05, 4.69) is 24.5 Å². The van der Waals surface area contributed by atoms with E-state index in [0.29, 0.717) is 6.42 Å². The average molecular weight is 200 g/mol. The van der Waals surface area contributed by atoms with Crippen molar-refractivity contribution >= 4 is 5.91 Å². The fourth-order valence-electron chi connectivity index (χ4n) is 1.25. The van der Waals surface area contributed by atoms with Crippen LogP contribution in [-0.4, -0.2) is 26.0 Å². The maximum absolute atomic E-state index is 10.8. The van der Waals surface area contributed by atoms with Crippen molar-refractivity contribution in [2.75, 3.05) is 20.1 Å². The predicted octanol–water partition coefficient (Wildman–Crippen LogP) is 1.54. The minimum absolute atomic E-state index is 0.111. The molecule has 0 rings (SSSR count). The van der Waals surface area contributed by atoms with Crippen molar-refractivity contribution in [2.45, 2.75) is 39.5 Å². The summed E-state index contributed by atoms with van der Waals surface area (Å²) in [6, 6.07) is 0. The number of hydrogen-bond donors (Lipinski definition) is 2. The fraction of sp³-hybridized carbons (Fsp3) is 0.909. The number of amides is 1. The molecule has 0 heterocycles. The van der Waals surface area contributed by atoms with E-state index in [9.17, 15) is 4.79 Å². The van der Waals surface area contributed by atoms with Gasteiger partial charge in [0.1, 0.15) is 0 Å². The topological polar surface area (TPSA) is 41.1 Å². The van der Waals surface area contributed by atoms with E-state index in [1.54, 1.807) is 7.05 Å². The SMILES string of the molecule is CNC(=O)CCNCCCCC(C)C. The minimum Gasteiger partial charge on any atom is -0.359 e. The standard InChI is InChI=1S/C11H24N2O/c1-10(2)6-4-5-8-13-9-7-11(14)12-3/h10,13H,4-9H2,1-3H3,(H,12,14). The van der Waals surface area contributed by atoms with Crippen LogP contribution in [0.4, 0.5) is 0 Å². The first-order valence-electron chi connectivity index (χ1n) is 5.58. The molecule has 1 amide bonds. The van der Waals surface area contributed by atoms with Crippen LogP contribution in [0.3, 0.4) is 0 Å². The molecule has 2 N–H and O–H groups in total. The van der Waals surface area contributed by atoms with Gasteiger partial charge in [-0.1, -0.05) is 26.7 Å². The molecule has 84 valence electrons. The summed E-state index contributed by atoms with van der Waals surface area (Å²) in [6.45, 7) is 6.32. The van der Waals surface area contributed by atoms with Gasteiger partial charge in [-0.3, -0.25) is 4.79 Å². The molecule has 0 radical (unpaired) electrons. The monoisotopic (exact) mass is 200 g/mol. The molecule has 0 bridgehead atoms. The number of hydrogen-bond acceptors (Lipinski definition) is 2. The Bertz CT molecular complexity index is 146. The summed E-state index contributed by atoms with van der Waals surface area (Å²) in [5.74, 6) is 0.917. The van der Waals surface area contributed by atoms with Gasteiger partial charge in [-0.05, 0) is 18.9 Å². The smallest absolute Gasteiger partial charge is 0.221 e. The van der Waals surface area contributed by atoms with Crippen molar-refractivity contribution in [3.8, 4) is 0 Å². The van der Waals surface area contributed by atoms with Crippen LogP contribution < -0.4 is 10.6 Å². The molecule has 0 saturated heterocycles.